The fourth-order valence-electron chi connectivity index (χ4n) is 2.21. The monoisotopic (exact) mass is 202 g/mol. The fraction of sp³-hybridized carbons (Fsp3) is 1.00. The van der Waals surface area contributed by atoms with E-state index in [0.717, 1.165) is 0 Å². The maximum absolute atomic E-state index is 9.87. The van der Waals surface area contributed by atoms with Gasteiger partial charge in [-0.15, -0.1) is 0 Å². The van der Waals surface area contributed by atoms with Crippen molar-refractivity contribution in [1.82, 2.24) is 0 Å². The first-order valence-electron chi connectivity index (χ1n) is 5.10. The number of hydrogen-bond acceptors (Lipinski definition) is 4. The van der Waals surface area contributed by atoms with Gasteiger partial charge in [0.2, 0.25) is 0 Å². The van der Waals surface area contributed by atoms with Gasteiger partial charge in [0.15, 0.2) is 5.79 Å². The van der Waals surface area contributed by atoms with Gasteiger partial charge in [0.25, 0.3) is 0 Å². The molecule has 0 aliphatic carbocycles. The molecule has 2 heterocycles. The number of hydrogen-bond donors (Lipinski definition) is 1. The highest BCUT2D eigenvalue weighted by Crippen LogP contribution is 2.36. The molecule has 14 heavy (non-hydrogen) atoms. The second kappa shape index (κ2) is 3.17. The average Bonchev–Trinajstić information content (AvgIpc) is 2.38. The lowest BCUT2D eigenvalue weighted by molar-refractivity contribution is -0.175. The van der Waals surface area contributed by atoms with Gasteiger partial charge in [-0.25, -0.2) is 0 Å². The van der Waals surface area contributed by atoms with Crippen molar-refractivity contribution in [1.29, 1.82) is 0 Å². The summed E-state index contributed by atoms with van der Waals surface area (Å²) in [5, 5.41) is 9.87. The van der Waals surface area contributed by atoms with Gasteiger partial charge in [0.1, 0.15) is 18.3 Å². The van der Waals surface area contributed by atoms with Crippen LogP contribution >= 0.6 is 0 Å². The van der Waals surface area contributed by atoms with E-state index in [1.807, 2.05) is 27.7 Å². The summed E-state index contributed by atoms with van der Waals surface area (Å²) in [6.45, 7) is 7.52. The van der Waals surface area contributed by atoms with Crippen LogP contribution in [0.15, 0.2) is 0 Å². The molecule has 82 valence electrons. The first kappa shape index (κ1) is 10.4. The van der Waals surface area contributed by atoms with Crippen molar-refractivity contribution in [2.75, 3.05) is 0 Å². The zero-order chi connectivity index (χ0) is 10.5. The summed E-state index contributed by atoms with van der Waals surface area (Å²) in [6, 6.07) is 0. The van der Waals surface area contributed by atoms with Crippen molar-refractivity contribution < 1.29 is 19.3 Å². The highest BCUT2D eigenvalue weighted by atomic mass is 16.8. The molecule has 0 radical (unpaired) electrons. The van der Waals surface area contributed by atoms with Crippen LogP contribution in [0.5, 0.6) is 0 Å². The maximum Gasteiger partial charge on any atom is 0.164 e. The van der Waals surface area contributed by atoms with E-state index in [0.29, 0.717) is 0 Å². The molecule has 1 N–H and O–H groups in total. The molecule has 4 nitrogen and oxygen atoms in total. The molecule has 4 heteroatoms. The van der Waals surface area contributed by atoms with Crippen LogP contribution in [-0.2, 0) is 14.2 Å². The van der Waals surface area contributed by atoms with Crippen molar-refractivity contribution in [2.45, 2.75) is 64.0 Å². The largest absolute Gasteiger partial charge is 0.388 e. The minimum absolute atomic E-state index is 0.0276. The molecule has 0 aromatic carbocycles. The third-order valence-electron chi connectivity index (χ3n) is 2.87. The number of fused-ring (bicyclic) bond motifs is 1. The molecule has 2 aliphatic rings. The van der Waals surface area contributed by atoms with Gasteiger partial charge in [-0.05, 0) is 27.7 Å². The summed E-state index contributed by atoms with van der Waals surface area (Å²) in [6.07, 6.45) is -1.23. The fourth-order valence-corrected chi connectivity index (χ4v) is 2.21. The average molecular weight is 202 g/mol. The molecule has 2 rings (SSSR count). The Morgan fingerprint density at radius 3 is 2.21 bits per heavy atom. The predicted octanol–water partition coefficient (Wildman–Crippen LogP) is 0.675. The number of aliphatic hydroxyl groups excluding tert-OH is 1. The summed E-state index contributed by atoms with van der Waals surface area (Å²) >= 11 is 0. The van der Waals surface area contributed by atoms with Crippen molar-refractivity contribution in [2.24, 2.45) is 0 Å². The van der Waals surface area contributed by atoms with Gasteiger partial charge in [-0.3, -0.25) is 0 Å². The Hall–Kier alpha value is -0.160. The highest BCUT2D eigenvalue weighted by molar-refractivity contribution is 4.95. The molecule has 0 bridgehead atoms. The predicted molar refractivity (Wildman–Crippen MR) is 49.8 cm³/mol. The smallest absolute Gasteiger partial charge is 0.164 e. The standard InChI is InChI=1S/C10H18O4/c1-5-7(11)9-8(6(2)12-5)13-10(3,4)14-9/h5-9,11H,1-4H3/t5?,6-,7-,8+,9?/m0/s1. The van der Waals surface area contributed by atoms with Crippen LogP contribution in [0, 0.1) is 0 Å². The first-order valence-corrected chi connectivity index (χ1v) is 5.10. The van der Waals surface area contributed by atoms with Crippen LogP contribution in [0.3, 0.4) is 0 Å². The Bertz CT molecular complexity index is 228. The maximum atomic E-state index is 9.87. The van der Waals surface area contributed by atoms with E-state index in [-0.39, 0.29) is 24.4 Å². The number of rotatable bonds is 0. The van der Waals surface area contributed by atoms with E-state index < -0.39 is 11.9 Å². The third kappa shape index (κ3) is 1.56. The Morgan fingerprint density at radius 2 is 1.57 bits per heavy atom. The topological polar surface area (TPSA) is 47.9 Å². The lowest BCUT2D eigenvalue weighted by Crippen LogP contribution is -2.54. The lowest BCUT2D eigenvalue weighted by atomic mass is 9.97. The van der Waals surface area contributed by atoms with Gasteiger partial charge in [0, 0.05) is 0 Å². The van der Waals surface area contributed by atoms with Crippen LogP contribution in [0.1, 0.15) is 27.7 Å². The number of aliphatic hydroxyl groups is 1. The molecule has 0 saturated carbocycles. The van der Waals surface area contributed by atoms with Crippen molar-refractivity contribution in [3.63, 3.8) is 0 Å². The van der Waals surface area contributed by atoms with Gasteiger partial charge < -0.3 is 19.3 Å². The van der Waals surface area contributed by atoms with Gasteiger partial charge in [-0.2, -0.15) is 0 Å². The summed E-state index contributed by atoms with van der Waals surface area (Å²) in [4.78, 5) is 0. The third-order valence-corrected chi connectivity index (χ3v) is 2.87. The summed E-state index contributed by atoms with van der Waals surface area (Å²) < 4.78 is 16.9. The minimum atomic E-state index is -0.613. The SMILES string of the molecule is CC1O[C@@H](C)[C@H]2OC(C)(C)OC2[C@H]1O. The minimum Gasteiger partial charge on any atom is -0.388 e. The van der Waals surface area contributed by atoms with E-state index in [9.17, 15) is 5.11 Å². The van der Waals surface area contributed by atoms with Crippen molar-refractivity contribution >= 4 is 0 Å². The summed E-state index contributed by atoms with van der Waals surface area (Å²) in [5.74, 6) is -0.613. The van der Waals surface area contributed by atoms with Crippen LogP contribution in [-0.4, -0.2) is 41.4 Å². The molecule has 0 aromatic heterocycles. The normalized spacial score (nSPS) is 51.6. The molecule has 2 saturated heterocycles. The quantitative estimate of drug-likeness (QED) is 0.627. The van der Waals surface area contributed by atoms with E-state index in [1.54, 1.807) is 0 Å². The van der Waals surface area contributed by atoms with Gasteiger partial charge >= 0.3 is 0 Å². The van der Waals surface area contributed by atoms with Crippen LogP contribution in [0.2, 0.25) is 0 Å². The van der Waals surface area contributed by atoms with Gasteiger partial charge in [0.05, 0.1) is 12.2 Å². The van der Waals surface area contributed by atoms with Crippen molar-refractivity contribution in [3.05, 3.63) is 0 Å². The first-order chi connectivity index (χ1) is 6.41. The molecule has 2 aliphatic heterocycles. The Labute approximate surface area is 84.1 Å². The van der Waals surface area contributed by atoms with Gasteiger partial charge in [-0.1, -0.05) is 0 Å². The molecule has 0 spiro atoms. The Morgan fingerprint density at radius 1 is 1.00 bits per heavy atom. The van der Waals surface area contributed by atoms with E-state index in [4.69, 9.17) is 14.2 Å². The second-order valence-corrected chi connectivity index (χ2v) is 4.60. The molecule has 5 atom stereocenters. The Balaban J connectivity index is 2.18. The van der Waals surface area contributed by atoms with E-state index in [2.05, 4.69) is 0 Å². The second-order valence-electron chi connectivity index (χ2n) is 4.60. The molecule has 2 fully saturated rings. The highest BCUT2D eigenvalue weighted by Gasteiger charge is 2.52. The van der Waals surface area contributed by atoms with Crippen LogP contribution < -0.4 is 0 Å². The molecular formula is C10H18O4. The van der Waals surface area contributed by atoms with Crippen LogP contribution in [0.4, 0.5) is 0 Å². The number of ether oxygens (including phenoxy) is 3. The zero-order valence-electron chi connectivity index (χ0n) is 9.06. The lowest BCUT2D eigenvalue weighted by Gasteiger charge is -2.37. The Kier molecular flexibility index (Phi) is 2.34. The molecular weight excluding hydrogens is 184 g/mol. The van der Waals surface area contributed by atoms with Crippen molar-refractivity contribution in [3.8, 4) is 0 Å². The summed E-state index contributed by atoms with van der Waals surface area (Å²) in [7, 11) is 0. The molecule has 0 aromatic rings. The van der Waals surface area contributed by atoms with Crippen LogP contribution in [0.25, 0.3) is 0 Å². The molecule has 0 amide bonds. The van der Waals surface area contributed by atoms with E-state index >= 15 is 0 Å². The van der Waals surface area contributed by atoms with E-state index in [1.165, 1.54) is 0 Å². The molecule has 2 unspecified atom stereocenters. The summed E-state index contributed by atoms with van der Waals surface area (Å²) in [5.41, 5.74) is 0. The zero-order valence-corrected chi connectivity index (χ0v) is 9.06.